The van der Waals surface area contributed by atoms with Gasteiger partial charge >= 0.3 is 0 Å². The summed E-state index contributed by atoms with van der Waals surface area (Å²) in [4.78, 5) is 18.2. The van der Waals surface area contributed by atoms with Gasteiger partial charge in [-0.25, -0.2) is 4.98 Å². The molecule has 0 fully saturated rings. The standard InChI is InChI=1S/C13H15N3OS/c1-16(2)11-6-4-3-5-10(11)13(17)15-9-12-14-7-8-18-12/h3-8H,9H2,1-2H3,(H,15,17). The molecule has 0 saturated heterocycles. The first kappa shape index (κ1) is 12.6. The van der Waals surface area contributed by atoms with Gasteiger partial charge < -0.3 is 10.2 Å². The number of aromatic nitrogens is 1. The average molecular weight is 261 g/mol. The number of amides is 1. The second kappa shape index (κ2) is 5.64. The van der Waals surface area contributed by atoms with Gasteiger partial charge in [-0.15, -0.1) is 11.3 Å². The minimum absolute atomic E-state index is 0.0745. The Morgan fingerprint density at radius 1 is 1.39 bits per heavy atom. The van der Waals surface area contributed by atoms with Crippen LogP contribution in [0.3, 0.4) is 0 Å². The third-order valence-electron chi connectivity index (χ3n) is 2.51. The molecule has 1 aromatic carbocycles. The van der Waals surface area contributed by atoms with Crippen LogP contribution >= 0.6 is 11.3 Å². The Bertz CT molecular complexity index is 523. The molecule has 2 rings (SSSR count). The fraction of sp³-hybridized carbons (Fsp3) is 0.231. The molecule has 4 nitrogen and oxygen atoms in total. The van der Waals surface area contributed by atoms with Gasteiger partial charge in [0.05, 0.1) is 12.1 Å². The first-order valence-corrected chi connectivity index (χ1v) is 6.49. The summed E-state index contributed by atoms with van der Waals surface area (Å²) in [6.07, 6.45) is 1.74. The highest BCUT2D eigenvalue weighted by molar-refractivity contribution is 7.09. The van der Waals surface area contributed by atoms with Crippen LogP contribution in [-0.2, 0) is 6.54 Å². The van der Waals surface area contributed by atoms with Crippen LogP contribution in [0.15, 0.2) is 35.8 Å². The number of nitrogens with zero attached hydrogens (tertiary/aromatic N) is 2. The highest BCUT2D eigenvalue weighted by atomic mass is 32.1. The number of rotatable bonds is 4. The van der Waals surface area contributed by atoms with E-state index in [-0.39, 0.29) is 5.91 Å². The number of anilines is 1. The lowest BCUT2D eigenvalue weighted by molar-refractivity contribution is 0.0951. The number of thiazole rings is 1. The normalized spacial score (nSPS) is 10.1. The molecule has 1 amide bonds. The van der Waals surface area contributed by atoms with Crippen LogP contribution in [0.25, 0.3) is 0 Å². The van der Waals surface area contributed by atoms with E-state index in [1.807, 2.05) is 48.6 Å². The van der Waals surface area contributed by atoms with Crippen molar-refractivity contribution in [2.24, 2.45) is 0 Å². The number of hydrogen-bond acceptors (Lipinski definition) is 4. The molecule has 0 aliphatic heterocycles. The third kappa shape index (κ3) is 2.87. The van der Waals surface area contributed by atoms with Gasteiger partial charge in [-0.05, 0) is 12.1 Å². The van der Waals surface area contributed by atoms with Crippen LogP contribution in [-0.4, -0.2) is 25.0 Å². The summed E-state index contributed by atoms with van der Waals surface area (Å²) >= 11 is 1.53. The summed E-state index contributed by atoms with van der Waals surface area (Å²) in [7, 11) is 3.85. The van der Waals surface area contributed by atoms with Gasteiger partial charge in [0.15, 0.2) is 0 Å². The van der Waals surface area contributed by atoms with Crippen molar-refractivity contribution in [1.29, 1.82) is 0 Å². The van der Waals surface area contributed by atoms with E-state index in [1.165, 1.54) is 11.3 Å². The number of hydrogen-bond donors (Lipinski definition) is 1. The molecule has 18 heavy (non-hydrogen) atoms. The topological polar surface area (TPSA) is 45.2 Å². The first-order chi connectivity index (χ1) is 8.68. The predicted molar refractivity (Wildman–Crippen MR) is 74.1 cm³/mol. The Morgan fingerprint density at radius 3 is 2.83 bits per heavy atom. The molecule has 0 spiro atoms. The van der Waals surface area contributed by atoms with Crippen molar-refractivity contribution >= 4 is 22.9 Å². The molecule has 94 valence electrons. The van der Waals surface area contributed by atoms with Gasteiger partial charge in [0.25, 0.3) is 5.91 Å². The quantitative estimate of drug-likeness (QED) is 0.917. The molecule has 0 saturated carbocycles. The SMILES string of the molecule is CN(C)c1ccccc1C(=O)NCc1nccs1. The number of carbonyl (C=O) groups is 1. The van der Waals surface area contributed by atoms with Crippen LogP contribution in [0, 0.1) is 0 Å². The Labute approximate surface area is 110 Å². The smallest absolute Gasteiger partial charge is 0.253 e. The van der Waals surface area contributed by atoms with Gasteiger partial charge in [-0.3, -0.25) is 4.79 Å². The molecule has 0 aliphatic carbocycles. The largest absolute Gasteiger partial charge is 0.377 e. The molecular weight excluding hydrogens is 246 g/mol. The number of nitrogens with one attached hydrogen (secondary N) is 1. The lowest BCUT2D eigenvalue weighted by Gasteiger charge is -2.16. The Hall–Kier alpha value is -1.88. The van der Waals surface area contributed by atoms with E-state index in [0.717, 1.165) is 10.7 Å². The zero-order valence-corrected chi connectivity index (χ0v) is 11.2. The molecular formula is C13H15N3OS. The molecule has 0 atom stereocenters. The Morgan fingerprint density at radius 2 is 2.17 bits per heavy atom. The maximum Gasteiger partial charge on any atom is 0.253 e. The summed E-state index contributed by atoms with van der Waals surface area (Å²) in [5.41, 5.74) is 1.59. The Balaban J connectivity index is 2.09. The van der Waals surface area contributed by atoms with Crippen LogP contribution in [0.4, 0.5) is 5.69 Å². The monoisotopic (exact) mass is 261 g/mol. The van der Waals surface area contributed by atoms with Crippen molar-refractivity contribution in [3.8, 4) is 0 Å². The highest BCUT2D eigenvalue weighted by Crippen LogP contribution is 2.17. The van der Waals surface area contributed by atoms with Crippen molar-refractivity contribution in [1.82, 2.24) is 10.3 Å². The summed E-state index contributed by atoms with van der Waals surface area (Å²) in [6.45, 7) is 0.470. The van der Waals surface area contributed by atoms with Crippen molar-refractivity contribution < 1.29 is 4.79 Å². The zero-order valence-electron chi connectivity index (χ0n) is 10.4. The minimum Gasteiger partial charge on any atom is -0.377 e. The maximum absolute atomic E-state index is 12.1. The average Bonchev–Trinajstić information content (AvgIpc) is 2.89. The van der Waals surface area contributed by atoms with Gasteiger partial charge in [0.1, 0.15) is 5.01 Å². The fourth-order valence-electron chi connectivity index (χ4n) is 1.65. The summed E-state index contributed by atoms with van der Waals surface area (Å²) < 4.78 is 0. The molecule has 1 aromatic heterocycles. The first-order valence-electron chi connectivity index (χ1n) is 5.61. The highest BCUT2D eigenvalue weighted by Gasteiger charge is 2.11. The number of para-hydroxylation sites is 1. The Kier molecular flexibility index (Phi) is 3.94. The van der Waals surface area contributed by atoms with Gasteiger partial charge in [0, 0.05) is 31.4 Å². The number of carbonyl (C=O) groups excluding carboxylic acids is 1. The predicted octanol–water partition coefficient (Wildman–Crippen LogP) is 2.14. The lowest BCUT2D eigenvalue weighted by Crippen LogP contribution is -2.25. The van der Waals surface area contributed by atoms with E-state index in [0.29, 0.717) is 12.1 Å². The van der Waals surface area contributed by atoms with E-state index in [2.05, 4.69) is 10.3 Å². The molecule has 5 heteroatoms. The van der Waals surface area contributed by atoms with E-state index >= 15 is 0 Å². The van der Waals surface area contributed by atoms with Crippen molar-refractivity contribution in [2.75, 3.05) is 19.0 Å². The second-order valence-electron chi connectivity index (χ2n) is 4.02. The molecule has 0 bridgehead atoms. The van der Waals surface area contributed by atoms with Crippen LogP contribution in [0.5, 0.6) is 0 Å². The summed E-state index contributed by atoms with van der Waals surface area (Å²) in [5.74, 6) is -0.0745. The van der Waals surface area contributed by atoms with E-state index < -0.39 is 0 Å². The second-order valence-corrected chi connectivity index (χ2v) is 5.00. The molecule has 1 heterocycles. The molecule has 1 N–H and O–H groups in total. The molecule has 0 unspecified atom stereocenters. The van der Waals surface area contributed by atoms with Gasteiger partial charge in [0.2, 0.25) is 0 Å². The third-order valence-corrected chi connectivity index (χ3v) is 3.29. The van der Waals surface area contributed by atoms with Crippen LogP contribution in [0.1, 0.15) is 15.4 Å². The molecule has 0 radical (unpaired) electrons. The van der Waals surface area contributed by atoms with Crippen molar-refractivity contribution in [3.63, 3.8) is 0 Å². The van der Waals surface area contributed by atoms with E-state index in [9.17, 15) is 4.79 Å². The fourth-order valence-corrected chi connectivity index (χ4v) is 2.20. The van der Waals surface area contributed by atoms with Crippen LogP contribution in [0.2, 0.25) is 0 Å². The maximum atomic E-state index is 12.1. The van der Waals surface area contributed by atoms with E-state index in [1.54, 1.807) is 6.20 Å². The van der Waals surface area contributed by atoms with Crippen LogP contribution < -0.4 is 10.2 Å². The van der Waals surface area contributed by atoms with Crippen molar-refractivity contribution in [3.05, 3.63) is 46.4 Å². The molecule has 2 aromatic rings. The zero-order chi connectivity index (χ0) is 13.0. The number of benzene rings is 1. The minimum atomic E-state index is -0.0745. The summed E-state index contributed by atoms with van der Waals surface area (Å²) in [5, 5.41) is 5.69. The lowest BCUT2D eigenvalue weighted by atomic mass is 10.1. The van der Waals surface area contributed by atoms with E-state index in [4.69, 9.17) is 0 Å². The molecule has 0 aliphatic rings. The van der Waals surface area contributed by atoms with Gasteiger partial charge in [-0.2, -0.15) is 0 Å². The summed E-state index contributed by atoms with van der Waals surface area (Å²) in [6, 6.07) is 7.54. The van der Waals surface area contributed by atoms with Crippen molar-refractivity contribution in [2.45, 2.75) is 6.54 Å². The van der Waals surface area contributed by atoms with Gasteiger partial charge in [-0.1, -0.05) is 12.1 Å².